The van der Waals surface area contributed by atoms with Gasteiger partial charge in [-0.05, 0) is 43.5 Å². The highest BCUT2D eigenvalue weighted by molar-refractivity contribution is 5.94. The van der Waals surface area contributed by atoms with E-state index in [0.29, 0.717) is 11.6 Å². The molecule has 0 atom stereocenters. The van der Waals surface area contributed by atoms with Crippen LogP contribution in [0.15, 0.2) is 18.2 Å². The van der Waals surface area contributed by atoms with Gasteiger partial charge in [-0.2, -0.15) is 0 Å². The number of halogens is 1. The van der Waals surface area contributed by atoms with Crippen LogP contribution in [-0.4, -0.2) is 24.9 Å². The predicted molar refractivity (Wildman–Crippen MR) is 74.9 cm³/mol. The summed E-state index contributed by atoms with van der Waals surface area (Å²) < 4.78 is 13.6. The molecule has 2 rings (SSSR count). The molecule has 1 aliphatic carbocycles. The minimum atomic E-state index is -0.533. The van der Waals surface area contributed by atoms with E-state index in [2.05, 4.69) is 16.0 Å². The van der Waals surface area contributed by atoms with Gasteiger partial charge >= 0.3 is 0 Å². The lowest BCUT2D eigenvalue weighted by Gasteiger charge is -2.09. The number of hydrogen-bond acceptors (Lipinski definition) is 3. The molecule has 0 aromatic heterocycles. The summed E-state index contributed by atoms with van der Waals surface area (Å²) in [4.78, 5) is 22.6. The molecule has 20 heavy (non-hydrogen) atoms. The fourth-order valence-corrected chi connectivity index (χ4v) is 1.81. The maximum Gasteiger partial charge on any atom is 0.238 e. The molecular formula is C14H18FN3O2. The molecule has 1 aromatic carbocycles. The average molecular weight is 279 g/mol. The second-order valence-electron chi connectivity index (χ2n) is 5.00. The van der Waals surface area contributed by atoms with Crippen LogP contribution in [-0.2, 0) is 9.59 Å². The van der Waals surface area contributed by atoms with Gasteiger partial charge in [-0.15, -0.1) is 0 Å². The van der Waals surface area contributed by atoms with E-state index in [1.807, 2.05) is 0 Å². The molecule has 0 bridgehead atoms. The molecule has 5 nitrogen and oxygen atoms in total. The molecule has 3 N–H and O–H groups in total. The van der Waals surface area contributed by atoms with Crippen LogP contribution in [0.5, 0.6) is 0 Å². The number of amides is 2. The quantitative estimate of drug-likeness (QED) is 0.742. The lowest BCUT2D eigenvalue weighted by molar-refractivity contribution is -0.115. The van der Waals surface area contributed by atoms with Crippen molar-refractivity contribution in [3.05, 3.63) is 24.0 Å². The van der Waals surface area contributed by atoms with Crippen molar-refractivity contribution in [2.75, 3.05) is 23.7 Å². The normalized spacial score (nSPS) is 13.9. The van der Waals surface area contributed by atoms with Crippen LogP contribution in [0.3, 0.4) is 0 Å². The number of carbonyl (C=O) groups excluding carboxylic acids is 2. The lowest BCUT2D eigenvalue weighted by Crippen LogP contribution is -2.29. The zero-order valence-corrected chi connectivity index (χ0v) is 11.3. The first kappa shape index (κ1) is 14.5. The third kappa shape index (κ3) is 4.62. The average Bonchev–Trinajstić information content (AvgIpc) is 3.17. The summed E-state index contributed by atoms with van der Waals surface area (Å²) in [6.45, 7) is 2.34. The molecule has 2 amide bonds. The molecule has 6 heteroatoms. The summed E-state index contributed by atoms with van der Waals surface area (Å²) in [5, 5.41) is 8.06. The van der Waals surface area contributed by atoms with Gasteiger partial charge in [-0.3, -0.25) is 9.59 Å². The molecule has 0 heterocycles. The van der Waals surface area contributed by atoms with Gasteiger partial charge in [0.2, 0.25) is 11.8 Å². The summed E-state index contributed by atoms with van der Waals surface area (Å²) in [7, 11) is 0. The Bertz CT molecular complexity index is 515. The molecule has 1 saturated carbocycles. The van der Waals surface area contributed by atoms with E-state index in [-0.39, 0.29) is 24.0 Å². The Kier molecular flexibility index (Phi) is 4.68. The second-order valence-corrected chi connectivity index (χ2v) is 5.00. The molecule has 0 radical (unpaired) electrons. The molecule has 0 aliphatic heterocycles. The highest BCUT2D eigenvalue weighted by Gasteiger charge is 2.20. The van der Waals surface area contributed by atoms with Crippen molar-refractivity contribution in [1.82, 2.24) is 5.32 Å². The SMILES string of the molecule is CC(=O)Nc1ccc(F)c(NC(=O)CNCC2CC2)c1. The third-order valence-electron chi connectivity index (χ3n) is 2.98. The number of hydrogen-bond donors (Lipinski definition) is 3. The fraction of sp³-hybridized carbons (Fsp3) is 0.429. The van der Waals surface area contributed by atoms with E-state index in [0.717, 1.165) is 6.54 Å². The Morgan fingerprint density at radius 1 is 1.30 bits per heavy atom. The van der Waals surface area contributed by atoms with Gasteiger partial charge in [-0.25, -0.2) is 4.39 Å². The van der Waals surface area contributed by atoms with Crippen molar-refractivity contribution in [1.29, 1.82) is 0 Å². The molecule has 108 valence electrons. The lowest BCUT2D eigenvalue weighted by atomic mass is 10.2. The standard InChI is InChI=1S/C14H18FN3O2/c1-9(19)17-11-4-5-12(15)13(6-11)18-14(20)8-16-7-10-2-3-10/h4-6,10,16H,2-3,7-8H2,1H3,(H,17,19)(H,18,20). The van der Waals surface area contributed by atoms with Crippen LogP contribution < -0.4 is 16.0 Å². The van der Waals surface area contributed by atoms with E-state index in [1.54, 1.807) is 0 Å². The monoisotopic (exact) mass is 279 g/mol. The van der Waals surface area contributed by atoms with Crippen molar-refractivity contribution >= 4 is 23.2 Å². The van der Waals surface area contributed by atoms with E-state index >= 15 is 0 Å². The summed E-state index contributed by atoms with van der Waals surface area (Å²) in [6.07, 6.45) is 2.42. The van der Waals surface area contributed by atoms with E-state index < -0.39 is 5.82 Å². The van der Waals surface area contributed by atoms with Gasteiger partial charge in [0.1, 0.15) is 5.82 Å². The van der Waals surface area contributed by atoms with Crippen LogP contribution in [0.4, 0.5) is 15.8 Å². The highest BCUT2D eigenvalue weighted by atomic mass is 19.1. The van der Waals surface area contributed by atoms with Crippen molar-refractivity contribution in [3.63, 3.8) is 0 Å². The fourth-order valence-electron chi connectivity index (χ4n) is 1.81. The molecular weight excluding hydrogens is 261 g/mol. The zero-order chi connectivity index (χ0) is 14.5. The summed E-state index contributed by atoms with van der Waals surface area (Å²) in [5.41, 5.74) is 0.509. The van der Waals surface area contributed by atoms with Gasteiger partial charge in [0.15, 0.2) is 0 Å². The van der Waals surface area contributed by atoms with E-state index in [1.165, 1.54) is 38.0 Å². The molecule has 0 saturated heterocycles. The first-order valence-electron chi connectivity index (χ1n) is 6.62. The molecule has 1 aliphatic rings. The summed E-state index contributed by atoms with van der Waals surface area (Å²) >= 11 is 0. The largest absolute Gasteiger partial charge is 0.326 e. The second kappa shape index (κ2) is 6.47. The maximum absolute atomic E-state index is 13.6. The minimum absolute atomic E-state index is 0.0643. The van der Waals surface area contributed by atoms with Gasteiger partial charge in [0.05, 0.1) is 12.2 Å². The van der Waals surface area contributed by atoms with Crippen molar-refractivity contribution in [2.45, 2.75) is 19.8 Å². The first-order chi connectivity index (χ1) is 9.54. The Morgan fingerprint density at radius 2 is 2.05 bits per heavy atom. The number of anilines is 2. The predicted octanol–water partition coefficient (Wildman–Crippen LogP) is 1.72. The van der Waals surface area contributed by atoms with Crippen LogP contribution in [0.25, 0.3) is 0 Å². The van der Waals surface area contributed by atoms with Crippen molar-refractivity contribution < 1.29 is 14.0 Å². The van der Waals surface area contributed by atoms with Crippen molar-refractivity contribution in [2.24, 2.45) is 5.92 Å². The maximum atomic E-state index is 13.6. The van der Waals surface area contributed by atoms with Crippen LogP contribution >= 0.6 is 0 Å². The van der Waals surface area contributed by atoms with Gasteiger partial charge in [0.25, 0.3) is 0 Å². The minimum Gasteiger partial charge on any atom is -0.326 e. The Morgan fingerprint density at radius 3 is 2.70 bits per heavy atom. The van der Waals surface area contributed by atoms with Gasteiger partial charge in [0, 0.05) is 12.6 Å². The molecule has 1 fully saturated rings. The Balaban J connectivity index is 1.88. The van der Waals surface area contributed by atoms with Crippen LogP contribution in [0, 0.1) is 11.7 Å². The van der Waals surface area contributed by atoms with Crippen LogP contribution in [0.1, 0.15) is 19.8 Å². The zero-order valence-electron chi connectivity index (χ0n) is 11.3. The third-order valence-corrected chi connectivity index (χ3v) is 2.98. The van der Waals surface area contributed by atoms with Gasteiger partial charge in [-0.1, -0.05) is 0 Å². The molecule has 1 aromatic rings. The number of nitrogens with one attached hydrogen (secondary N) is 3. The Labute approximate surface area is 116 Å². The first-order valence-corrected chi connectivity index (χ1v) is 6.62. The molecule has 0 unspecified atom stereocenters. The number of carbonyl (C=O) groups is 2. The van der Waals surface area contributed by atoms with E-state index in [4.69, 9.17) is 0 Å². The number of rotatable bonds is 6. The smallest absolute Gasteiger partial charge is 0.238 e. The molecule has 0 spiro atoms. The number of benzene rings is 1. The van der Waals surface area contributed by atoms with Gasteiger partial charge < -0.3 is 16.0 Å². The highest BCUT2D eigenvalue weighted by Crippen LogP contribution is 2.27. The van der Waals surface area contributed by atoms with Crippen LogP contribution in [0.2, 0.25) is 0 Å². The van der Waals surface area contributed by atoms with Crippen molar-refractivity contribution in [3.8, 4) is 0 Å². The topological polar surface area (TPSA) is 70.2 Å². The van der Waals surface area contributed by atoms with E-state index in [9.17, 15) is 14.0 Å². The Hall–Kier alpha value is -1.95. The summed E-state index contributed by atoms with van der Waals surface area (Å²) in [5.74, 6) is -0.401. The summed E-state index contributed by atoms with van der Waals surface area (Å²) in [6, 6.07) is 4.05.